The largest absolute Gasteiger partial charge is 0.497 e. The maximum Gasteiger partial charge on any atom is 0.264 e. The monoisotopic (exact) mass is 613 g/mol. The van der Waals surface area contributed by atoms with Crippen LogP contribution >= 0.6 is 0 Å². The summed E-state index contributed by atoms with van der Waals surface area (Å²) in [5, 5.41) is 2.95. The van der Waals surface area contributed by atoms with Gasteiger partial charge in [-0.3, -0.25) is 13.9 Å². The lowest BCUT2D eigenvalue weighted by Gasteiger charge is -2.33. The van der Waals surface area contributed by atoms with E-state index in [2.05, 4.69) is 5.32 Å². The molecule has 0 saturated heterocycles. The third-order valence-corrected chi connectivity index (χ3v) is 8.78. The van der Waals surface area contributed by atoms with E-state index in [0.29, 0.717) is 36.5 Å². The third-order valence-electron chi connectivity index (χ3n) is 6.99. The van der Waals surface area contributed by atoms with E-state index in [1.807, 2.05) is 26.8 Å². The Bertz CT molecular complexity index is 1470. The van der Waals surface area contributed by atoms with Crippen LogP contribution in [0.1, 0.15) is 46.1 Å². The molecule has 0 saturated carbocycles. The van der Waals surface area contributed by atoms with Crippen molar-refractivity contribution in [2.45, 2.75) is 64.1 Å². The minimum atomic E-state index is -4.33. The number of carbonyl (C=O) groups is 2. The minimum absolute atomic E-state index is 0.0379. The Kier molecular flexibility index (Phi) is 11.9. The quantitative estimate of drug-likeness (QED) is 0.254. The number of hydrogen-bond acceptors (Lipinski definition) is 6. The van der Waals surface area contributed by atoms with Crippen molar-refractivity contribution < 1.29 is 31.9 Å². The van der Waals surface area contributed by atoms with Gasteiger partial charge < -0.3 is 19.7 Å². The summed E-state index contributed by atoms with van der Waals surface area (Å²) in [6.07, 6.45) is 0.999. The Labute approximate surface area is 253 Å². The number of hydrogen-bond donors (Lipinski definition) is 1. The Morgan fingerprint density at radius 3 is 2.19 bits per heavy atom. The SMILES string of the molecule is CCOc1ccc(N(CC(=O)N(Cc2cccc(OC)c2)[C@H](CC)C(=O)N[C@H](C)CC)S(=O)(=O)c2ccc(F)cc2)cc1. The van der Waals surface area contributed by atoms with Crippen LogP contribution in [0.2, 0.25) is 0 Å². The fourth-order valence-corrected chi connectivity index (χ4v) is 5.88. The van der Waals surface area contributed by atoms with Gasteiger partial charge in [0.15, 0.2) is 0 Å². The standard InChI is InChI=1S/C32H40FN3O6S/c1-6-23(4)34-32(38)30(7-2)35(21-24-10-9-11-28(20-24)41-5)31(37)22-36(26-14-16-27(17-15-26)42-8-3)43(39,40)29-18-12-25(33)13-19-29/h9-20,23,30H,6-8,21-22H2,1-5H3,(H,34,38)/t23-,30-/m1/s1. The molecule has 0 bridgehead atoms. The minimum Gasteiger partial charge on any atom is -0.497 e. The number of carbonyl (C=O) groups excluding carboxylic acids is 2. The maximum atomic E-state index is 14.2. The average molecular weight is 614 g/mol. The highest BCUT2D eigenvalue weighted by molar-refractivity contribution is 7.92. The van der Waals surface area contributed by atoms with Crippen molar-refractivity contribution in [1.29, 1.82) is 0 Å². The number of anilines is 1. The second-order valence-electron chi connectivity index (χ2n) is 10.0. The van der Waals surface area contributed by atoms with Gasteiger partial charge in [0.05, 0.1) is 24.3 Å². The summed E-state index contributed by atoms with van der Waals surface area (Å²) in [4.78, 5) is 28.8. The molecule has 0 aromatic heterocycles. The maximum absolute atomic E-state index is 14.2. The van der Waals surface area contributed by atoms with E-state index in [4.69, 9.17) is 9.47 Å². The Morgan fingerprint density at radius 1 is 0.930 bits per heavy atom. The zero-order valence-electron chi connectivity index (χ0n) is 25.2. The van der Waals surface area contributed by atoms with Crippen LogP contribution in [0, 0.1) is 5.82 Å². The van der Waals surface area contributed by atoms with E-state index in [0.717, 1.165) is 28.6 Å². The number of methoxy groups -OCH3 is 1. The molecule has 0 aliphatic rings. The summed E-state index contributed by atoms with van der Waals surface area (Å²) in [6.45, 7) is 7.30. The molecule has 9 nitrogen and oxygen atoms in total. The normalized spacial score (nSPS) is 12.6. The highest BCUT2D eigenvalue weighted by Crippen LogP contribution is 2.27. The van der Waals surface area contributed by atoms with Crippen LogP contribution in [-0.4, -0.2) is 57.5 Å². The molecular weight excluding hydrogens is 573 g/mol. The van der Waals surface area contributed by atoms with Crippen LogP contribution in [0.5, 0.6) is 11.5 Å². The first kappa shape index (κ1) is 33.4. The van der Waals surface area contributed by atoms with E-state index in [-0.39, 0.29) is 29.1 Å². The summed E-state index contributed by atoms with van der Waals surface area (Å²) >= 11 is 0. The number of amides is 2. The Morgan fingerprint density at radius 2 is 1.60 bits per heavy atom. The summed E-state index contributed by atoms with van der Waals surface area (Å²) in [7, 11) is -2.79. The van der Waals surface area contributed by atoms with Gasteiger partial charge in [0.25, 0.3) is 10.0 Å². The van der Waals surface area contributed by atoms with Crippen LogP contribution in [0.25, 0.3) is 0 Å². The van der Waals surface area contributed by atoms with Gasteiger partial charge in [-0.25, -0.2) is 12.8 Å². The number of nitrogens with zero attached hydrogens (tertiary/aromatic N) is 2. The number of nitrogens with one attached hydrogen (secondary N) is 1. The summed E-state index contributed by atoms with van der Waals surface area (Å²) in [6, 6.07) is 16.8. The topological polar surface area (TPSA) is 105 Å². The van der Waals surface area contributed by atoms with E-state index >= 15 is 0 Å². The Balaban J connectivity index is 2.07. The molecule has 11 heteroatoms. The van der Waals surface area contributed by atoms with Crippen molar-refractivity contribution in [1.82, 2.24) is 10.2 Å². The first-order valence-corrected chi connectivity index (χ1v) is 15.7. The van der Waals surface area contributed by atoms with E-state index < -0.39 is 34.3 Å². The fourth-order valence-electron chi connectivity index (χ4n) is 4.47. The van der Waals surface area contributed by atoms with Crippen molar-refractivity contribution in [3.8, 4) is 11.5 Å². The molecule has 3 rings (SSSR count). The molecule has 43 heavy (non-hydrogen) atoms. The lowest BCUT2D eigenvalue weighted by Crippen LogP contribution is -2.53. The van der Waals surface area contributed by atoms with Crippen LogP contribution in [0.4, 0.5) is 10.1 Å². The van der Waals surface area contributed by atoms with Gasteiger partial charge in [-0.2, -0.15) is 0 Å². The van der Waals surface area contributed by atoms with Gasteiger partial charge in [-0.15, -0.1) is 0 Å². The molecule has 0 unspecified atom stereocenters. The summed E-state index contributed by atoms with van der Waals surface area (Å²) in [5.74, 6) is -0.401. The van der Waals surface area contributed by atoms with Crippen molar-refractivity contribution in [3.05, 3.63) is 84.2 Å². The molecule has 0 fully saturated rings. The number of ether oxygens (including phenoxy) is 2. The molecule has 0 radical (unpaired) electrons. The second-order valence-corrected chi connectivity index (χ2v) is 11.9. The van der Waals surface area contributed by atoms with Gasteiger partial charge in [0.2, 0.25) is 11.8 Å². The van der Waals surface area contributed by atoms with Gasteiger partial charge in [0, 0.05) is 12.6 Å². The number of sulfonamides is 1. The van der Waals surface area contributed by atoms with Crippen molar-refractivity contribution in [2.75, 3.05) is 24.6 Å². The smallest absolute Gasteiger partial charge is 0.264 e. The van der Waals surface area contributed by atoms with Crippen LogP contribution in [0.15, 0.2) is 77.7 Å². The highest BCUT2D eigenvalue weighted by Gasteiger charge is 2.34. The number of halogens is 1. The van der Waals surface area contributed by atoms with E-state index in [1.165, 1.54) is 12.0 Å². The third kappa shape index (κ3) is 8.70. The van der Waals surface area contributed by atoms with Crippen LogP contribution in [0.3, 0.4) is 0 Å². The summed E-state index contributed by atoms with van der Waals surface area (Å²) < 4.78 is 53.3. The van der Waals surface area contributed by atoms with Crippen molar-refractivity contribution in [3.63, 3.8) is 0 Å². The predicted octanol–water partition coefficient (Wildman–Crippen LogP) is 5.15. The molecule has 1 N–H and O–H groups in total. The molecule has 3 aromatic rings. The van der Waals surface area contributed by atoms with Gasteiger partial charge in [-0.05, 0) is 92.9 Å². The lowest BCUT2D eigenvalue weighted by molar-refractivity contribution is -0.140. The molecular formula is C32H40FN3O6S. The first-order chi connectivity index (χ1) is 20.5. The molecule has 2 atom stereocenters. The highest BCUT2D eigenvalue weighted by atomic mass is 32.2. The summed E-state index contributed by atoms with van der Waals surface area (Å²) in [5.41, 5.74) is 0.913. The van der Waals surface area contributed by atoms with Gasteiger partial charge >= 0.3 is 0 Å². The predicted molar refractivity (Wildman–Crippen MR) is 164 cm³/mol. The molecule has 3 aromatic carbocycles. The lowest BCUT2D eigenvalue weighted by atomic mass is 10.1. The number of rotatable bonds is 15. The molecule has 0 spiro atoms. The average Bonchev–Trinajstić information content (AvgIpc) is 3.00. The van der Waals surface area contributed by atoms with Gasteiger partial charge in [0.1, 0.15) is 29.9 Å². The molecule has 232 valence electrons. The van der Waals surface area contributed by atoms with Crippen LogP contribution in [-0.2, 0) is 26.2 Å². The Hall–Kier alpha value is -4.12. The number of benzene rings is 3. The zero-order valence-corrected chi connectivity index (χ0v) is 26.1. The van der Waals surface area contributed by atoms with Crippen molar-refractivity contribution in [2.24, 2.45) is 0 Å². The molecule has 0 aliphatic heterocycles. The van der Waals surface area contributed by atoms with E-state index in [9.17, 15) is 22.4 Å². The molecule has 0 aliphatic carbocycles. The second kappa shape index (κ2) is 15.4. The first-order valence-electron chi connectivity index (χ1n) is 14.3. The van der Waals surface area contributed by atoms with Gasteiger partial charge in [-0.1, -0.05) is 26.0 Å². The van der Waals surface area contributed by atoms with Crippen LogP contribution < -0.4 is 19.1 Å². The van der Waals surface area contributed by atoms with E-state index in [1.54, 1.807) is 49.4 Å². The molecule has 2 amide bonds. The molecule has 0 heterocycles. The fraction of sp³-hybridized carbons (Fsp3) is 0.375. The van der Waals surface area contributed by atoms with Crippen molar-refractivity contribution >= 4 is 27.5 Å². The zero-order chi connectivity index (χ0) is 31.6.